The number of piperazine rings is 1. The number of benzene rings is 2. The van der Waals surface area contributed by atoms with Crippen LogP contribution in [0.5, 0.6) is 0 Å². The number of aromatic nitrogens is 2. The fourth-order valence-electron chi connectivity index (χ4n) is 4.28. The molecule has 0 radical (unpaired) electrons. The van der Waals surface area contributed by atoms with E-state index in [0.29, 0.717) is 37.0 Å². The number of aromatic amines is 1. The van der Waals surface area contributed by atoms with Crippen molar-refractivity contribution >= 4 is 27.0 Å². The normalized spacial score (nSPS) is 16.7. The quantitative estimate of drug-likeness (QED) is 0.513. The van der Waals surface area contributed by atoms with Crippen LogP contribution in [-0.4, -0.2) is 66.2 Å². The summed E-state index contributed by atoms with van der Waals surface area (Å²) in [6.45, 7) is 8.15. The molecular weight excluding hydrogens is 450 g/mol. The Kier molecular flexibility index (Phi) is 7.35. The highest BCUT2D eigenvalue weighted by atomic mass is 32.2. The van der Waals surface area contributed by atoms with Crippen LogP contribution in [0.2, 0.25) is 0 Å². The second kappa shape index (κ2) is 10.2. The Morgan fingerprint density at radius 3 is 2.38 bits per heavy atom. The minimum atomic E-state index is -3.52. The van der Waals surface area contributed by atoms with Gasteiger partial charge in [0.25, 0.3) is 0 Å². The Bertz CT molecular complexity index is 1200. The van der Waals surface area contributed by atoms with Gasteiger partial charge in [0.1, 0.15) is 5.82 Å². The number of hydrogen-bond donors (Lipinski definition) is 2. The summed E-state index contributed by atoms with van der Waals surface area (Å²) in [5.74, 6) is 1.06. The zero-order chi connectivity index (χ0) is 24.3. The maximum absolute atomic E-state index is 12.9. The van der Waals surface area contributed by atoms with Crippen LogP contribution in [0.3, 0.4) is 0 Å². The summed E-state index contributed by atoms with van der Waals surface area (Å²) in [5.41, 5.74) is 2.85. The first-order chi connectivity index (χ1) is 16.2. The molecule has 0 bridgehead atoms. The molecule has 34 heavy (non-hydrogen) atoms. The fourth-order valence-corrected chi connectivity index (χ4v) is 5.70. The highest BCUT2D eigenvalue weighted by molar-refractivity contribution is 7.89. The van der Waals surface area contributed by atoms with Crippen LogP contribution < -0.4 is 5.32 Å². The summed E-state index contributed by atoms with van der Waals surface area (Å²) >= 11 is 0. The lowest BCUT2D eigenvalue weighted by Crippen LogP contribution is -2.51. The van der Waals surface area contributed by atoms with Crippen LogP contribution in [0.4, 0.5) is 0 Å². The molecule has 8 nitrogen and oxygen atoms in total. The van der Waals surface area contributed by atoms with E-state index < -0.39 is 10.0 Å². The Balaban J connectivity index is 1.35. The number of carbonyl (C=O) groups excluding carboxylic acids is 1. The lowest BCUT2D eigenvalue weighted by atomic mass is 10.0. The van der Waals surface area contributed by atoms with E-state index in [1.165, 1.54) is 4.31 Å². The monoisotopic (exact) mass is 483 g/mol. The van der Waals surface area contributed by atoms with Gasteiger partial charge in [-0.15, -0.1) is 0 Å². The predicted molar refractivity (Wildman–Crippen MR) is 133 cm³/mol. The number of nitrogens with one attached hydrogen (secondary N) is 2. The molecule has 1 aliphatic heterocycles. The van der Waals surface area contributed by atoms with Crippen LogP contribution in [0, 0.1) is 12.8 Å². The summed E-state index contributed by atoms with van der Waals surface area (Å²) in [7, 11) is -3.52. The molecular formula is C25H33N5O3S. The van der Waals surface area contributed by atoms with E-state index in [0.717, 1.165) is 28.8 Å². The molecule has 9 heteroatoms. The summed E-state index contributed by atoms with van der Waals surface area (Å²) in [6.07, 6.45) is 0.772. The van der Waals surface area contributed by atoms with Crippen molar-refractivity contribution in [2.24, 2.45) is 5.92 Å². The number of rotatable bonds is 8. The number of nitrogens with zero attached hydrogens (tertiary/aromatic N) is 3. The zero-order valence-electron chi connectivity index (χ0n) is 20.0. The first-order valence-electron chi connectivity index (χ1n) is 11.8. The van der Waals surface area contributed by atoms with Crippen molar-refractivity contribution in [2.75, 3.05) is 32.7 Å². The maximum Gasteiger partial charge on any atom is 0.243 e. The first-order valence-corrected chi connectivity index (χ1v) is 13.2. The molecule has 1 saturated heterocycles. The van der Waals surface area contributed by atoms with Crippen molar-refractivity contribution in [3.8, 4) is 0 Å². The standard InChI is InChI=1S/C25H33N5O3S/c1-18(2)16-23(25-27-21-6-4-5-7-22(21)28-25)26-24(31)17-29-12-14-30(15-13-29)34(32,33)20-10-8-19(3)9-11-20/h4-11,18,23H,12-17H2,1-3H3,(H,26,31)(H,27,28). The average Bonchev–Trinajstić information content (AvgIpc) is 3.23. The Labute approximate surface area is 201 Å². The van der Waals surface area contributed by atoms with Gasteiger partial charge in [-0.25, -0.2) is 13.4 Å². The van der Waals surface area contributed by atoms with Gasteiger partial charge < -0.3 is 10.3 Å². The summed E-state index contributed by atoms with van der Waals surface area (Å²) in [6, 6.07) is 14.5. The lowest BCUT2D eigenvalue weighted by Gasteiger charge is -2.33. The van der Waals surface area contributed by atoms with Crippen LogP contribution in [0.1, 0.15) is 37.7 Å². The van der Waals surface area contributed by atoms with Gasteiger partial charge in [-0.05, 0) is 43.5 Å². The Morgan fingerprint density at radius 1 is 1.06 bits per heavy atom. The van der Waals surface area contributed by atoms with E-state index in [-0.39, 0.29) is 18.5 Å². The zero-order valence-corrected chi connectivity index (χ0v) is 20.8. The van der Waals surface area contributed by atoms with Crippen LogP contribution >= 0.6 is 0 Å². The summed E-state index contributed by atoms with van der Waals surface area (Å²) in [5, 5.41) is 3.14. The largest absolute Gasteiger partial charge is 0.345 e. The van der Waals surface area contributed by atoms with Gasteiger partial charge in [-0.2, -0.15) is 4.31 Å². The molecule has 0 saturated carbocycles. The van der Waals surface area contributed by atoms with Crippen molar-refractivity contribution in [2.45, 2.75) is 38.1 Å². The van der Waals surface area contributed by atoms with Gasteiger partial charge in [0, 0.05) is 26.2 Å². The third kappa shape index (κ3) is 5.65. The van der Waals surface area contributed by atoms with E-state index in [1.807, 2.05) is 48.2 Å². The fraction of sp³-hybridized carbons (Fsp3) is 0.440. The minimum absolute atomic E-state index is 0.0825. The number of fused-ring (bicyclic) bond motifs is 1. The molecule has 0 spiro atoms. The smallest absolute Gasteiger partial charge is 0.243 e. The molecule has 2 aromatic carbocycles. The number of H-pyrrole nitrogens is 1. The van der Waals surface area contributed by atoms with E-state index in [4.69, 9.17) is 0 Å². The number of para-hydroxylation sites is 2. The molecule has 1 aromatic heterocycles. The van der Waals surface area contributed by atoms with Crippen molar-refractivity contribution in [1.82, 2.24) is 24.5 Å². The number of sulfonamides is 1. The third-order valence-electron chi connectivity index (χ3n) is 6.14. The summed E-state index contributed by atoms with van der Waals surface area (Å²) in [4.78, 5) is 23.2. The molecule has 1 fully saturated rings. The van der Waals surface area contributed by atoms with Gasteiger partial charge in [0.2, 0.25) is 15.9 Å². The molecule has 2 heterocycles. The molecule has 1 atom stereocenters. The number of imidazole rings is 1. The molecule has 1 aliphatic rings. The van der Waals surface area contributed by atoms with E-state index in [2.05, 4.69) is 29.1 Å². The molecule has 0 aliphatic carbocycles. The average molecular weight is 484 g/mol. The molecule has 2 N–H and O–H groups in total. The van der Waals surface area contributed by atoms with E-state index in [9.17, 15) is 13.2 Å². The second-order valence-electron chi connectivity index (χ2n) is 9.38. The summed E-state index contributed by atoms with van der Waals surface area (Å²) < 4.78 is 27.4. The van der Waals surface area contributed by atoms with Crippen LogP contribution in [-0.2, 0) is 14.8 Å². The maximum atomic E-state index is 12.9. The Hall–Kier alpha value is -2.75. The molecule has 1 unspecified atom stereocenters. The van der Waals surface area contributed by atoms with Gasteiger partial charge in [-0.1, -0.05) is 43.7 Å². The van der Waals surface area contributed by atoms with Gasteiger partial charge in [-0.3, -0.25) is 9.69 Å². The second-order valence-corrected chi connectivity index (χ2v) is 11.3. The number of hydrogen-bond acceptors (Lipinski definition) is 5. The van der Waals surface area contributed by atoms with Crippen LogP contribution in [0.25, 0.3) is 11.0 Å². The van der Waals surface area contributed by atoms with Crippen LogP contribution in [0.15, 0.2) is 53.4 Å². The Morgan fingerprint density at radius 2 is 1.74 bits per heavy atom. The highest BCUT2D eigenvalue weighted by Gasteiger charge is 2.29. The van der Waals surface area contributed by atoms with Crippen molar-refractivity contribution in [3.63, 3.8) is 0 Å². The van der Waals surface area contributed by atoms with Crippen molar-refractivity contribution in [1.29, 1.82) is 0 Å². The van der Waals surface area contributed by atoms with E-state index >= 15 is 0 Å². The van der Waals surface area contributed by atoms with Gasteiger partial charge in [0.05, 0.1) is 28.5 Å². The number of aryl methyl sites for hydroxylation is 1. The number of carbonyl (C=O) groups is 1. The SMILES string of the molecule is Cc1ccc(S(=O)(=O)N2CCN(CC(=O)NC(CC(C)C)c3nc4ccccc4[nH]3)CC2)cc1. The lowest BCUT2D eigenvalue weighted by molar-refractivity contribution is -0.123. The third-order valence-corrected chi connectivity index (χ3v) is 8.05. The highest BCUT2D eigenvalue weighted by Crippen LogP contribution is 2.22. The molecule has 1 amide bonds. The minimum Gasteiger partial charge on any atom is -0.345 e. The number of amides is 1. The van der Waals surface area contributed by atoms with Crippen molar-refractivity contribution < 1.29 is 13.2 Å². The van der Waals surface area contributed by atoms with E-state index in [1.54, 1.807) is 12.1 Å². The van der Waals surface area contributed by atoms with Crippen molar-refractivity contribution in [3.05, 3.63) is 59.9 Å². The molecule has 3 aromatic rings. The predicted octanol–water partition coefficient (Wildman–Crippen LogP) is 3.08. The topological polar surface area (TPSA) is 98.4 Å². The first kappa shape index (κ1) is 24.4. The van der Waals surface area contributed by atoms with Gasteiger partial charge in [0.15, 0.2) is 0 Å². The molecule has 4 rings (SSSR count). The molecule has 182 valence electrons. The van der Waals surface area contributed by atoms with Gasteiger partial charge >= 0.3 is 0 Å².